The van der Waals surface area contributed by atoms with Crippen LogP contribution in [0.25, 0.3) is 11.0 Å². The normalized spacial score (nSPS) is 11.9. The topological polar surface area (TPSA) is 98.0 Å². The number of nitrogens with zero attached hydrogens (tertiary/aromatic N) is 1. The SMILES string of the molecule is Cc1cc(F)ccc1S(=O)(=O)n1c(=O)[nH]c2ccc(N)cc21. The quantitative estimate of drug-likeness (QED) is 0.700. The molecular weight excluding hydrogens is 309 g/mol. The van der Waals surface area contributed by atoms with Gasteiger partial charge in [0.2, 0.25) is 0 Å². The van der Waals surface area contributed by atoms with Crippen molar-refractivity contribution in [3.05, 3.63) is 58.3 Å². The lowest BCUT2D eigenvalue weighted by molar-refractivity contribution is 0.585. The first-order valence-electron chi connectivity index (χ1n) is 6.33. The van der Waals surface area contributed by atoms with Crippen molar-refractivity contribution in [3.8, 4) is 0 Å². The first kappa shape index (κ1) is 14.3. The van der Waals surface area contributed by atoms with Crippen LogP contribution in [0.4, 0.5) is 10.1 Å². The van der Waals surface area contributed by atoms with Crippen LogP contribution in [0.1, 0.15) is 5.56 Å². The van der Waals surface area contributed by atoms with Gasteiger partial charge in [-0.15, -0.1) is 0 Å². The molecule has 0 saturated carbocycles. The van der Waals surface area contributed by atoms with E-state index >= 15 is 0 Å². The average Bonchev–Trinajstić information content (AvgIpc) is 2.73. The zero-order chi connectivity index (χ0) is 16.1. The Hall–Kier alpha value is -2.61. The third kappa shape index (κ3) is 2.08. The number of aryl methyl sites for hydroxylation is 1. The number of nitrogens with one attached hydrogen (secondary N) is 1. The maximum absolute atomic E-state index is 13.2. The third-order valence-corrected chi connectivity index (χ3v) is 5.18. The minimum absolute atomic E-state index is 0.140. The number of anilines is 1. The smallest absolute Gasteiger partial charge is 0.340 e. The van der Waals surface area contributed by atoms with Crippen LogP contribution in [0, 0.1) is 12.7 Å². The van der Waals surface area contributed by atoms with E-state index < -0.39 is 21.5 Å². The fourth-order valence-electron chi connectivity index (χ4n) is 2.34. The Balaban J connectivity index is 2.37. The fourth-order valence-corrected chi connectivity index (χ4v) is 3.91. The number of aromatic nitrogens is 2. The molecule has 0 unspecified atom stereocenters. The number of nitrogens with two attached hydrogens (primary N) is 1. The minimum Gasteiger partial charge on any atom is -0.399 e. The highest BCUT2D eigenvalue weighted by atomic mass is 32.2. The van der Waals surface area contributed by atoms with Crippen LogP contribution in [0.2, 0.25) is 0 Å². The summed E-state index contributed by atoms with van der Waals surface area (Å²) in [5.74, 6) is -0.549. The summed E-state index contributed by atoms with van der Waals surface area (Å²) in [6, 6.07) is 7.74. The summed E-state index contributed by atoms with van der Waals surface area (Å²) >= 11 is 0. The van der Waals surface area contributed by atoms with Crippen molar-refractivity contribution in [2.45, 2.75) is 11.8 Å². The maximum Gasteiger partial charge on any atom is 0.340 e. The predicted molar refractivity (Wildman–Crippen MR) is 80.7 cm³/mol. The van der Waals surface area contributed by atoms with Crippen molar-refractivity contribution < 1.29 is 12.8 Å². The lowest BCUT2D eigenvalue weighted by Crippen LogP contribution is -2.25. The molecule has 0 fully saturated rings. The van der Waals surface area contributed by atoms with Crippen molar-refractivity contribution in [1.29, 1.82) is 0 Å². The van der Waals surface area contributed by atoms with Crippen LogP contribution in [0.5, 0.6) is 0 Å². The Kier molecular flexibility index (Phi) is 3.06. The molecule has 6 nitrogen and oxygen atoms in total. The van der Waals surface area contributed by atoms with E-state index in [0.717, 1.165) is 18.2 Å². The lowest BCUT2D eigenvalue weighted by Gasteiger charge is -2.09. The molecule has 114 valence electrons. The molecule has 0 spiro atoms. The molecule has 3 N–H and O–H groups in total. The van der Waals surface area contributed by atoms with E-state index in [0.29, 0.717) is 15.2 Å². The molecular formula is C14H12FN3O3S. The molecule has 0 saturated heterocycles. The molecule has 3 rings (SSSR count). The first-order valence-corrected chi connectivity index (χ1v) is 7.77. The first-order chi connectivity index (χ1) is 10.3. The number of hydrogen-bond donors (Lipinski definition) is 2. The number of aromatic amines is 1. The van der Waals surface area contributed by atoms with Gasteiger partial charge >= 0.3 is 5.69 Å². The van der Waals surface area contributed by atoms with Gasteiger partial charge in [0.25, 0.3) is 10.0 Å². The summed E-state index contributed by atoms with van der Waals surface area (Å²) in [7, 11) is -4.17. The molecule has 1 aromatic heterocycles. The highest BCUT2D eigenvalue weighted by Crippen LogP contribution is 2.22. The Bertz CT molecular complexity index is 1050. The largest absolute Gasteiger partial charge is 0.399 e. The summed E-state index contributed by atoms with van der Waals surface area (Å²) in [6.07, 6.45) is 0. The van der Waals surface area contributed by atoms with Crippen LogP contribution < -0.4 is 11.4 Å². The van der Waals surface area contributed by atoms with E-state index in [2.05, 4.69) is 4.98 Å². The molecule has 0 bridgehead atoms. The van der Waals surface area contributed by atoms with Gasteiger partial charge in [-0.25, -0.2) is 17.6 Å². The lowest BCUT2D eigenvalue weighted by atomic mass is 10.2. The van der Waals surface area contributed by atoms with Crippen LogP contribution in [-0.4, -0.2) is 17.4 Å². The molecule has 8 heteroatoms. The van der Waals surface area contributed by atoms with Gasteiger partial charge in [-0.2, -0.15) is 3.97 Å². The zero-order valence-electron chi connectivity index (χ0n) is 11.5. The molecule has 3 aromatic rings. The molecule has 0 radical (unpaired) electrons. The van der Waals surface area contributed by atoms with Crippen molar-refractivity contribution >= 4 is 26.7 Å². The molecule has 1 heterocycles. The molecule has 2 aromatic carbocycles. The summed E-state index contributed by atoms with van der Waals surface area (Å²) in [5, 5.41) is 0. The second-order valence-corrected chi connectivity index (χ2v) is 6.64. The number of fused-ring (bicyclic) bond motifs is 1. The number of rotatable bonds is 2. The Morgan fingerprint density at radius 3 is 2.59 bits per heavy atom. The van der Waals surface area contributed by atoms with E-state index in [9.17, 15) is 17.6 Å². The standard InChI is InChI=1S/C14H12FN3O3S/c1-8-6-9(15)2-5-13(8)22(20,21)18-12-7-10(16)3-4-11(12)17-14(18)19/h2-7H,16H2,1H3,(H,17,19). The number of halogens is 1. The Morgan fingerprint density at radius 1 is 1.18 bits per heavy atom. The molecule has 0 atom stereocenters. The zero-order valence-corrected chi connectivity index (χ0v) is 12.3. The monoisotopic (exact) mass is 321 g/mol. The Labute approximate surface area is 125 Å². The molecule has 0 aliphatic heterocycles. The van der Waals surface area contributed by atoms with E-state index in [4.69, 9.17) is 5.73 Å². The Morgan fingerprint density at radius 2 is 1.91 bits per heavy atom. The summed E-state index contributed by atoms with van der Waals surface area (Å²) in [6.45, 7) is 1.46. The second-order valence-electron chi connectivity index (χ2n) is 4.89. The van der Waals surface area contributed by atoms with Crippen molar-refractivity contribution in [2.75, 3.05) is 5.73 Å². The van der Waals surface area contributed by atoms with Gasteiger partial charge in [0, 0.05) is 5.69 Å². The fraction of sp³-hybridized carbons (Fsp3) is 0.0714. The van der Waals surface area contributed by atoms with Gasteiger partial charge in [-0.3, -0.25) is 0 Å². The van der Waals surface area contributed by atoms with E-state index in [-0.39, 0.29) is 16.0 Å². The van der Waals surface area contributed by atoms with Crippen LogP contribution >= 0.6 is 0 Å². The van der Waals surface area contributed by atoms with Crippen molar-refractivity contribution in [3.63, 3.8) is 0 Å². The van der Waals surface area contributed by atoms with Gasteiger partial charge in [0.1, 0.15) is 5.82 Å². The molecule has 0 aliphatic carbocycles. The number of H-pyrrole nitrogens is 1. The number of benzene rings is 2. The highest BCUT2D eigenvalue weighted by molar-refractivity contribution is 7.90. The molecule has 22 heavy (non-hydrogen) atoms. The summed E-state index contributed by atoms with van der Waals surface area (Å²) < 4.78 is 39.3. The summed E-state index contributed by atoms with van der Waals surface area (Å²) in [4.78, 5) is 14.4. The second kappa shape index (κ2) is 4.70. The van der Waals surface area contributed by atoms with Gasteiger partial charge in [0.15, 0.2) is 0 Å². The minimum atomic E-state index is -4.17. The predicted octanol–water partition coefficient (Wildman–Crippen LogP) is 1.60. The third-order valence-electron chi connectivity index (χ3n) is 3.32. The van der Waals surface area contributed by atoms with Crippen LogP contribution in [0.15, 0.2) is 46.1 Å². The van der Waals surface area contributed by atoms with E-state index in [1.165, 1.54) is 19.1 Å². The van der Waals surface area contributed by atoms with E-state index in [1.807, 2.05) is 0 Å². The molecule has 0 aliphatic rings. The maximum atomic E-state index is 13.2. The van der Waals surface area contributed by atoms with E-state index in [1.54, 1.807) is 6.07 Å². The molecule has 0 amide bonds. The number of nitrogen functional groups attached to an aromatic ring is 1. The van der Waals surface area contributed by atoms with Crippen LogP contribution in [-0.2, 0) is 10.0 Å². The van der Waals surface area contributed by atoms with Crippen LogP contribution in [0.3, 0.4) is 0 Å². The van der Waals surface area contributed by atoms with Crippen molar-refractivity contribution in [1.82, 2.24) is 8.96 Å². The van der Waals surface area contributed by atoms with Gasteiger partial charge < -0.3 is 10.7 Å². The van der Waals surface area contributed by atoms with Crippen molar-refractivity contribution in [2.24, 2.45) is 0 Å². The summed E-state index contributed by atoms with van der Waals surface area (Å²) in [5.41, 5.74) is 5.89. The number of hydrogen-bond acceptors (Lipinski definition) is 4. The van der Waals surface area contributed by atoms with Gasteiger partial charge in [-0.05, 0) is 48.9 Å². The highest BCUT2D eigenvalue weighted by Gasteiger charge is 2.24. The average molecular weight is 321 g/mol. The number of imidazole rings is 1. The van der Waals surface area contributed by atoms with Gasteiger partial charge in [-0.1, -0.05) is 0 Å². The van der Waals surface area contributed by atoms with Gasteiger partial charge in [0.05, 0.1) is 15.9 Å².